The van der Waals surface area contributed by atoms with E-state index in [4.69, 9.17) is 0 Å². The Hall–Kier alpha value is -0.950. The van der Waals surface area contributed by atoms with E-state index in [1.807, 2.05) is 0 Å². The third kappa shape index (κ3) is 2.20. The fourth-order valence-electron chi connectivity index (χ4n) is 0.193. The van der Waals surface area contributed by atoms with Crippen molar-refractivity contribution in [2.75, 3.05) is 0 Å². The zero-order valence-corrected chi connectivity index (χ0v) is 5.76. The first kappa shape index (κ1) is 8.05. The smallest absolute Gasteiger partial charge is 0.235 e. The van der Waals surface area contributed by atoms with Crippen molar-refractivity contribution in [1.29, 1.82) is 0 Å². The molecule has 0 unspecified atom stereocenters. The standard InChI is InChI=1S/C6H9NO2/c1-5(9)6(2,3)7-4-8/h1-3H3. The molecular formula is C6H9NO2. The molecule has 0 aromatic heterocycles. The second-order valence-corrected chi connectivity index (χ2v) is 2.32. The molecule has 0 bridgehead atoms. The van der Waals surface area contributed by atoms with Gasteiger partial charge in [0.15, 0.2) is 5.78 Å². The molecule has 0 aliphatic heterocycles. The van der Waals surface area contributed by atoms with Crippen molar-refractivity contribution >= 4 is 11.9 Å². The molecule has 0 heterocycles. The minimum atomic E-state index is -0.887. The van der Waals surface area contributed by atoms with Crippen LogP contribution >= 0.6 is 0 Å². The van der Waals surface area contributed by atoms with Gasteiger partial charge in [-0.3, -0.25) is 4.79 Å². The maximum Gasteiger partial charge on any atom is 0.235 e. The average Bonchev–Trinajstić information content (AvgIpc) is 1.65. The van der Waals surface area contributed by atoms with Gasteiger partial charge >= 0.3 is 0 Å². The van der Waals surface area contributed by atoms with E-state index in [9.17, 15) is 9.59 Å². The molecular weight excluding hydrogens is 118 g/mol. The molecule has 0 atom stereocenters. The Morgan fingerprint density at radius 1 is 1.56 bits per heavy atom. The molecule has 0 aromatic rings. The summed E-state index contributed by atoms with van der Waals surface area (Å²) in [5.41, 5.74) is -0.887. The monoisotopic (exact) mass is 127 g/mol. The molecule has 9 heavy (non-hydrogen) atoms. The third-order valence-electron chi connectivity index (χ3n) is 1.19. The lowest BCUT2D eigenvalue weighted by molar-refractivity contribution is -0.120. The van der Waals surface area contributed by atoms with Gasteiger partial charge in [-0.05, 0) is 20.8 Å². The van der Waals surface area contributed by atoms with E-state index < -0.39 is 5.54 Å². The number of ketones is 1. The lowest BCUT2D eigenvalue weighted by atomic mass is 10.0. The number of isocyanates is 1. The quantitative estimate of drug-likeness (QED) is 0.404. The van der Waals surface area contributed by atoms with Crippen LogP contribution in [0.1, 0.15) is 20.8 Å². The number of carbonyl (C=O) groups is 1. The summed E-state index contributed by atoms with van der Waals surface area (Å²) in [5, 5.41) is 0. The van der Waals surface area contributed by atoms with E-state index in [0.29, 0.717) is 0 Å². The van der Waals surface area contributed by atoms with Gasteiger partial charge in [0.05, 0.1) is 0 Å². The Morgan fingerprint density at radius 3 is 2.11 bits per heavy atom. The van der Waals surface area contributed by atoms with Crippen LogP contribution in [-0.4, -0.2) is 17.4 Å². The molecule has 0 amide bonds. The van der Waals surface area contributed by atoms with Crippen LogP contribution in [0.3, 0.4) is 0 Å². The normalized spacial score (nSPS) is 10.1. The van der Waals surface area contributed by atoms with Crippen LogP contribution in [0.2, 0.25) is 0 Å². The van der Waals surface area contributed by atoms with Crippen LogP contribution in [0.25, 0.3) is 0 Å². The van der Waals surface area contributed by atoms with Gasteiger partial charge in [-0.2, -0.15) is 4.99 Å². The van der Waals surface area contributed by atoms with E-state index in [-0.39, 0.29) is 5.78 Å². The summed E-state index contributed by atoms with van der Waals surface area (Å²) in [4.78, 5) is 23.6. The van der Waals surface area contributed by atoms with Crippen molar-refractivity contribution < 1.29 is 9.59 Å². The van der Waals surface area contributed by atoms with Crippen LogP contribution in [0.5, 0.6) is 0 Å². The third-order valence-corrected chi connectivity index (χ3v) is 1.19. The van der Waals surface area contributed by atoms with Crippen LogP contribution < -0.4 is 0 Å². The van der Waals surface area contributed by atoms with E-state index in [1.54, 1.807) is 13.8 Å². The van der Waals surface area contributed by atoms with Crippen LogP contribution in [0, 0.1) is 0 Å². The summed E-state index contributed by atoms with van der Waals surface area (Å²) in [6.07, 6.45) is 1.34. The highest BCUT2D eigenvalue weighted by atomic mass is 16.1. The number of nitrogens with zero attached hydrogens (tertiary/aromatic N) is 1. The van der Waals surface area contributed by atoms with Gasteiger partial charge in [0.2, 0.25) is 6.08 Å². The summed E-state index contributed by atoms with van der Waals surface area (Å²) in [6.45, 7) is 4.53. The molecule has 0 rings (SSSR count). The number of Topliss-reactive ketones (excluding diaryl/α,β-unsaturated/α-hetero) is 1. The Bertz CT molecular complexity index is 162. The Labute approximate surface area is 53.8 Å². The SMILES string of the molecule is CC(=O)C(C)(C)N=C=O. The maximum absolute atomic E-state index is 10.6. The second kappa shape index (κ2) is 2.55. The van der Waals surface area contributed by atoms with Gasteiger partial charge in [0.25, 0.3) is 0 Å². The Kier molecular flexibility index (Phi) is 2.29. The van der Waals surface area contributed by atoms with Crippen molar-refractivity contribution in [1.82, 2.24) is 0 Å². The molecule has 0 fully saturated rings. The Morgan fingerprint density at radius 2 is 2.00 bits per heavy atom. The van der Waals surface area contributed by atoms with Gasteiger partial charge in [-0.25, -0.2) is 4.79 Å². The molecule has 3 nitrogen and oxygen atoms in total. The maximum atomic E-state index is 10.6. The fourth-order valence-corrected chi connectivity index (χ4v) is 0.193. The first-order valence-electron chi connectivity index (χ1n) is 2.61. The van der Waals surface area contributed by atoms with Gasteiger partial charge in [-0.1, -0.05) is 0 Å². The topological polar surface area (TPSA) is 46.5 Å². The molecule has 3 heteroatoms. The van der Waals surface area contributed by atoms with Crippen molar-refractivity contribution in [3.63, 3.8) is 0 Å². The summed E-state index contributed by atoms with van der Waals surface area (Å²) >= 11 is 0. The highest BCUT2D eigenvalue weighted by Crippen LogP contribution is 2.07. The number of aliphatic imine (C=N–C) groups is 1. The van der Waals surface area contributed by atoms with Crippen molar-refractivity contribution in [2.24, 2.45) is 4.99 Å². The van der Waals surface area contributed by atoms with E-state index in [0.717, 1.165) is 0 Å². The number of hydrogen-bond acceptors (Lipinski definition) is 3. The zero-order valence-electron chi connectivity index (χ0n) is 5.76. The lowest BCUT2D eigenvalue weighted by Gasteiger charge is -2.10. The summed E-state index contributed by atoms with van der Waals surface area (Å²) in [7, 11) is 0. The molecule has 0 aromatic carbocycles. The fraction of sp³-hybridized carbons (Fsp3) is 0.667. The molecule has 0 spiro atoms. The molecule has 0 aliphatic carbocycles. The molecule has 50 valence electrons. The van der Waals surface area contributed by atoms with Gasteiger partial charge in [0, 0.05) is 0 Å². The summed E-state index contributed by atoms with van der Waals surface area (Å²) in [5.74, 6) is -0.133. The summed E-state index contributed by atoms with van der Waals surface area (Å²) < 4.78 is 0. The molecule has 0 saturated heterocycles. The predicted molar refractivity (Wildman–Crippen MR) is 32.9 cm³/mol. The van der Waals surface area contributed by atoms with Gasteiger partial charge in [0.1, 0.15) is 5.54 Å². The van der Waals surface area contributed by atoms with E-state index in [1.165, 1.54) is 13.0 Å². The van der Waals surface area contributed by atoms with E-state index >= 15 is 0 Å². The van der Waals surface area contributed by atoms with Crippen LogP contribution in [0.4, 0.5) is 0 Å². The lowest BCUT2D eigenvalue weighted by Crippen LogP contribution is -2.26. The second-order valence-electron chi connectivity index (χ2n) is 2.32. The number of hydrogen-bond donors (Lipinski definition) is 0. The molecule has 0 saturated carbocycles. The van der Waals surface area contributed by atoms with Crippen molar-refractivity contribution in [2.45, 2.75) is 26.3 Å². The van der Waals surface area contributed by atoms with Crippen molar-refractivity contribution in [3.8, 4) is 0 Å². The molecule has 0 aliphatic rings. The largest absolute Gasteiger partial charge is 0.297 e. The minimum Gasteiger partial charge on any atom is -0.297 e. The van der Waals surface area contributed by atoms with Crippen LogP contribution in [0.15, 0.2) is 4.99 Å². The highest BCUT2D eigenvalue weighted by Gasteiger charge is 2.21. The van der Waals surface area contributed by atoms with E-state index in [2.05, 4.69) is 4.99 Å². The first-order chi connectivity index (χ1) is 4.00. The minimum absolute atomic E-state index is 0.133. The number of carbonyl (C=O) groups excluding carboxylic acids is 2. The Balaban J connectivity index is 4.37. The van der Waals surface area contributed by atoms with Gasteiger partial charge < -0.3 is 0 Å². The predicted octanol–water partition coefficient (Wildman–Crippen LogP) is 0.690. The van der Waals surface area contributed by atoms with Gasteiger partial charge in [-0.15, -0.1) is 0 Å². The van der Waals surface area contributed by atoms with Crippen LogP contribution in [-0.2, 0) is 9.59 Å². The first-order valence-corrected chi connectivity index (χ1v) is 2.61. The average molecular weight is 127 g/mol. The summed E-state index contributed by atoms with van der Waals surface area (Å²) in [6, 6.07) is 0. The molecule has 0 radical (unpaired) electrons. The van der Waals surface area contributed by atoms with Crippen molar-refractivity contribution in [3.05, 3.63) is 0 Å². The number of rotatable bonds is 2. The zero-order chi connectivity index (χ0) is 7.49. The molecule has 0 N–H and O–H groups in total. The highest BCUT2D eigenvalue weighted by molar-refractivity contribution is 5.86.